The zero-order valence-electron chi connectivity index (χ0n) is 20.0. The largest absolute Gasteiger partial charge is 0.419 e. The molecule has 0 bridgehead atoms. The van der Waals surface area contributed by atoms with E-state index in [0.29, 0.717) is 49.5 Å². The second kappa shape index (κ2) is 10.1. The van der Waals surface area contributed by atoms with Crippen LogP contribution in [0.2, 0.25) is 0 Å². The summed E-state index contributed by atoms with van der Waals surface area (Å²) in [5.74, 6) is -2.18. The fraction of sp³-hybridized carbons (Fsp3) is 0.179. The fourth-order valence-corrected chi connectivity index (χ4v) is 4.31. The van der Waals surface area contributed by atoms with Crippen molar-refractivity contribution in [2.45, 2.75) is 25.7 Å². The van der Waals surface area contributed by atoms with Gasteiger partial charge in [-0.25, -0.2) is 4.39 Å². The van der Waals surface area contributed by atoms with Crippen molar-refractivity contribution < 1.29 is 27.2 Å². The van der Waals surface area contributed by atoms with Gasteiger partial charge < -0.3 is 10.2 Å². The molecule has 0 radical (unpaired) electrons. The lowest BCUT2D eigenvalue weighted by atomic mass is 10.0. The maximum Gasteiger partial charge on any atom is 0.419 e. The molecule has 0 spiro atoms. The summed E-state index contributed by atoms with van der Waals surface area (Å²) in [6.07, 6.45) is -2.84. The maximum atomic E-state index is 13.7. The molecule has 3 aromatic rings. The summed E-state index contributed by atoms with van der Waals surface area (Å²) < 4.78 is 53.1. The van der Waals surface area contributed by atoms with E-state index in [9.17, 15) is 27.2 Å². The van der Waals surface area contributed by atoms with E-state index in [1.54, 1.807) is 18.3 Å². The van der Waals surface area contributed by atoms with Crippen molar-refractivity contribution >= 4 is 23.2 Å². The van der Waals surface area contributed by atoms with Gasteiger partial charge in [0.15, 0.2) is 0 Å². The molecule has 3 aromatic carbocycles. The molecule has 0 fully saturated rings. The normalized spacial score (nSPS) is 15.2. The third-order valence-electron chi connectivity index (χ3n) is 6.30. The number of rotatable bonds is 6. The number of hydrogen-bond donors (Lipinski definition) is 1. The Bertz CT molecular complexity index is 1430. The van der Waals surface area contributed by atoms with Crippen LogP contribution in [0.5, 0.6) is 0 Å². The van der Waals surface area contributed by atoms with Crippen molar-refractivity contribution in [3.8, 4) is 0 Å². The van der Waals surface area contributed by atoms with Gasteiger partial charge in [0.25, 0.3) is 11.8 Å². The van der Waals surface area contributed by atoms with Crippen LogP contribution in [-0.2, 0) is 24.1 Å². The number of hydrazone groups is 1. The molecular formula is C28H22F4N4O2. The Hall–Kier alpha value is -4.47. The minimum atomic E-state index is -4.89. The topological polar surface area (TPSA) is 65.0 Å². The second-order valence-electron chi connectivity index (χ2n) is 8.95. The van der Waals surface area contributed by atoms with E-state index in [-0.39, 0.29) is 17.2 Å². The minimum absolute atomic E-state index is 0.154. The van der Waals surface area contributed by atoms with Gasteiger partial charge in [-0.3, -0.25) is 9.59 Å². The number of carbonyl (C=O) groups excluding carboxylic acids is 2. The predicted molar refractivity (Wildman–Crippen MR) is 133 cm³/mol. The number of fused-ring (bicyclic) bond motifs is 1. The van der Waals surface area contributed by atoms with Crippen LogP contribution in [0.1, 0.15) is 33.5 Å². The smallest absolute Gasteiger partial charge is 0.372 e. The third kappa shape index (κ3) is 5.29. The number of halogens is 4. The molecule has 0 unspecified atom stereocenters. The molecule has 6 nitrogen and oxygen atoms in total. The quantitative estimate of drug-likeness (QED) is 0.449. The molecule has 1 N–H and O–H groups in total. The van der Waals surface area contributed by atoms with Gasteiger partial charge in [-0.05, 0) is 41.5 Å². The van der Waals surface area contributed by atoms with Crippen molar-refractivity contribution in [3.05, 3.63) is 113 Å². The summed E-state index contributed by atoms with van der Waals surface area (Å²) in [6, 6.07) is 19.1. The fourth-order valence-electron chi connectivity index (χ4n) is 4.31. The molecule has 0 atom stereocenters. The third-order valence-corrected chi connectivity index (χ3v) is 6.30. The molecule has 10 heteroatoms. The molecule has 194 valence electrons. The molecule has 2 amide bonds. The number of anilines is 1. The van der Waals surface area contributed by atoms with Gasteiger partial charge in [0.05, 0.1) is 22.5 Å². The Labute approximate surface area is 215 Å². The summed E-state index contributed by atoms with van der Waals surface area (Å²) in [5.41, 5.74) is 1.58. The van der Waals surface area contributed by atoms with Crippen LogP contribution >= 0.6 is 0 Å². The number of carbonyl (C=O) groups is 2. The molecule has 0 aliphatic carbocycles. The van der Waals surface area contributed by atoms with Gasteiger partial charge in [0.1, 0.15) is 5.82 Å². The molecule has 38 heavy (non-hydrogen) atoms. The van der Waals surface area contributed by atoms with Crippen LogP contribution in [0.15, 0.2) is 89.7 Å². The molecule has 2 aliphatic rings. The Kier molecular flexibility index (Phi) is 6.71. The Balaban J connectivity index is 1.24. The first-order valence-electron chi connectivity index (χ1n) is 11.8. The molecule has 0 saturated heterocycles. The molecule has 2 aliphatic heterocycles. The van der Waals surface area contributed by atoms with Crippen molar-refractivity contribution in [2.24, 2.45) is 5.10 Å². The number of alkyl halides is 3. The van der Waals surface area contributed by atoms with Crippen molar-refractivity contribution in [3.63, 3.8) is 0 Å². The van der Waals surface area contributed by atoms with Crippen molar-refractivity contribution in [2.75, 3.05) is 11.6 Å². The van der Waals surface area contributed by atoms with E-state index in [4.69, 9.17) is 0 Å². The number of nitrogens with zero attached hydrogens (tertiary/aromatic N) is 3. The summed E-state index contributed by atoms with van der Waals surface area (Å²) >= 11 is 0. The van der Waals surface area contributed by atoms with Crippen molar-refractivity contribution in [1.29, 1.82) is 0 Å². The van der Waals surface area contributed by atoms with Crippen LogP contribution < -0.4 is 10.3 Å². The average molecular weight is 523 g/mol. The molecule has 5 rings (SSSR count). The number of nitrogens with one attached hydrogen (secondary N) is 1. The summed E-state index contributed by atoms with van der Waals surface area (Å²) in [6.45, 7) is 1.43. The maximum absolute atomic E-state index is 13.7. The second-order valence-corrected chi connectivity index (χ2v) is 8.95. The van der Waals surface area contributed by atoms with E-state index in [1.807, 2.05) is 47.4 Å². The van der Waals surface area contributed by atoms with E-state index < -0.39 is 23.5 Å². The van der Waals surface area contributed by atoms with Gasteiger partial charge in [0.2, 0.25) is 0 Å². The summed E-state index contributed by atoms with van der Waals surface area (Å²) in [4.78, 5) is 27.3. The molecule has 0 aromatic heterocycles. The van der Waals surface area contributed by atoms with E-state index >= 15 is 0 Å². The van der Waals surface area contributed by atoms with Gasteiger partial charge >= 0.3 is 6.18 Å². The van der Waals surface area contributed by atoms with Gasteiger partial charge in [-0.15, -0.1) is 0 Å². The standard InChI is InChI=1S/C28H22F4N4O2/c29-24-11-10-21(14-23(24)28(30,31)32)36-27(38)22-17-35(13-12-25(22)34-36)16-19-6-8-20(9-7-19)26(37)33-15-18-4-2-1-3-5-18/h1-11,14,17H,12-13,15-16H2,(H,33,37). The Morgan fingerprint density at radius 1 is 0.974 bits per heavy atom. The van der Waals surface area contributed by atoms with Crippen molar-refractivity contribution in [1.82, 2.24) is 10.2 Å². The average Bonchev–Trinajstić information content (AvgIpc) is 3.23. The number of hydrogen-bond acceptors (Lipinski definition) is 4. The highest BCUT2D eigenvalue weighted by Crippen LogP contribution is 2.35. The van der Waals surface area contributed by atoms with Gasteiger partial charge in [-0.2, -0.15) is 23.3 Å². The first-order valence-corrected chi connectivity index (χ1v) is 11.8. The van der Waals surface area contributed by atoms with Crippen LogP contribution in [0.25, 0.3) is 0 Å². The zero-order chi connectivity index (χ0) is 26.9. The molecular weight excluding hydrogens is 500 g/mol. The Morgan fingerprint density at radius 3 is 2.42 bits per heavy atom. The zero-order valence-corrected chi connectivity index (χ0v) is 20.0. The van der Waals surface area contributed by atoms with E-state index in [2.05, 4.69) is 10.4 Å². The monoisotopic (exact) mass is 522 g/mol. The van der Waals surface area contributed by atoms with E-state index in [0.717, 1.165) is 22.2 Å². The summed E-state index contributed by atoms with van der Waals surface area (Å²) in [7, 11) is 0. The highest BCUT2D eigenvalue weighted by molar-refractivity contribution is 6.30. The Morgan fingerprint density at radius 2 is 1.71 bits per heavy atom. The SMILES string of the molecule is O=C(NCc1ccccc1)c1ccc(CN2C=C3C(=O)N(c4ccc(F)c(C(F)(F)F)c4)N=C3CC2)cc1. The van der Waals surface area contributed by atoms with Crippen LogP contribution in [-0.4, -0.2) is 29.0 Å². The lowest BCUT2D eigenvalue weighted by Gasteiger charge is -2.25. The van der Waals surface area contributed by atoms with Gasteiger partial charge in [0, 0.05) is 37.8 Å². The molecule has 2 heterocycles. The number of benzene rings is 3. The molecule has 0 saturated carbocycles. The predicted octanol–water partition coefficient (Wildman–Crippen LogP) is 5.27. The first kappa shape index (κ1) is 25.2. The highest BCUT2D eigenvalue weighted by atomic mass is 19.4. The van der Waals surface area contributed by atoms with Crippen LogP contribution in [0.4, 0.5) is 23.2 Å². The minimum Gasteiger partial charge on any atom is -0.372 e. The lowest BCUT2D eigenvalue weighted by molar-refractivity contribution is -0.140. The van der Waals surface area contributed by atoms with Gasteiger partial charge in [-0.1, -0.05) is 42.5 Å². The van der Waals surface area contributed by atoms with Crippen LogP contribution in [0, 0.1) is 5.82 Å². The van der Waals surface area contributed by atoms with Crippen LogP contribution in [0.3, 0.4) is 0 Å². The highest BCUT2D eigenvalue weighted by Gasteiger charge is 2.38. The lowest BCUT2D eigenvalue weighted by Crippen LogP contribution is -2.29. The van der Waals surface area contributed by atoms with E-state index in [1.165, 1.54) is 0 Å². The first-order chi connectivity index (χ1) is 18.2. The summed E-state index contributed by atoms with van der Waals surface area (Å²) in [5, 5.41) is 7.96. The number of amides is 2.